The highest BCUT2D eigenvalue weighted by Crippen LogP contribution is 2.47. The predicted octanol–water partition coefficient (Wildman–Crippen LogP) is 3.66. The number of carbonyl (C=O) groups excluding carboxylic acids is 1. The highest BCUT2D eigenvalue weighted by Gasteiger charge is 2.44. The molecule has 2 fully saturated rings. The highest BCUT2D eigenvalue weighted by molar-refractivity contribution is 5.85. The van der Waals surface area contributed by atoms with Crippen LogP contribution >= 0.6 is 12.4 Å². The van der Waals surface area contributed by atoms with Crippen molar-refractivity contribution in [2.45, 2.75) is 37.8 Å². The van der Waals surface area contributed by atoms with Gasteiger partial charge in [0.1, 0.15) is 12.4 Å². The summed E-state index contributed by atoms with van der Waals surface area (Å²) in [6.45, 7) is 2.54. The largest absolute Gasteiger partial charge is 0.489 e. The number of hydrogen-bond donors (Lipinski definition) is 2. The van der Waals surface area contributed by atoms with Crippen LogP contribution in [0.4, 0.5) is 0 Å². The summed E-state index contributed by atoms with van der Waals surface area (Å²) in [5, 5.41) is 6.55. The molecule has 2 N–H and O–H groups in total. The topological polar surface area (TPSA) is 50.4 Å². The Bertz CT molecular complexity index is 730. The summed E-state index contributed by atoms with van der Waals surface area (Å²) >= 11 is 0. The molecule has 0 radical (unpaired) electrons. The first-order valence-electron chi connectivity index (χ1n) is 9.57. The molecule has 144 valence electrons. The minimum atomic E-state index is 0. The Morgan fingerprint density at radius 3 is 2.59 bits per heavy atom. The molecule has 0 aromatic heterocycles. The third-order valence-electron chi connectivity index (χ3n) is 5.33. The Morgan fingerprint density at radius 2 is 1.89 bits per heavy atom. The molecule has 5 heteroatoms. The van der Waals surface area contributed by atoms with Crippen molar-refractivity contribution in [1.29, 1.82) is 0 Å². The zero-order chi connectivity index (χ0) is 17.8. The predicted molar refractivity (Wildman–Crippen MR) is 109 cm³/mol. The number of hydrogen-bond acceptors (Lipinski definition) is 3. The molecular formula is C22H27ClN2O2. The van der Waals surface area contributed by atoms with Gasteiger partial charge in [0.15, 0.2) is 0 Å². The minimum Gasteiger partial charge on any atom is -0.489 e. The third kappa shape index (κ3) is 5.24. The van der Waals surface area contributed by atoms with E-state index in [2.05, 4.69) is 34.9 Å². The number of ether oxygens (including phenoxy) is 1. The second-order valence-electron chi connectivity index (χ2n) is 7.34. The summed E-state index contributed by atoms with van der Waals surface area (Å²) in [5.41, 5.74) is 2.40. The van der Waals surface area contributed by atoms with E-state index in [1.807, 2.05) is 30.3 Å². The van der Waals surface area contributed by atoms with Gasteiger partial charge in [-0.1, -0.05) is 42.5 Å². The van der Waals surface area contributed by atoms with Crippen LogP contribution < -0.4 is 15.4 Å². The first-order valence-corrected chi connectivity index (χ1v) is 9.57. The van der Waals surface area contributed by atoms with Crippen molar-refractivity contribution in [3.05, 3.63) is 65.7 Å². The number of benzene rings is 2. The quantitative estimate of drug-likeness (QED) is 0.796. The molecule has 3 atom stereocenters. The first kappa shape index (κ1) is 19.7. The summed E-state index contributed by atoms with van der Waals surface area (Å²) in [4.78, 5) is 12.4. The maximum absolute atomic E-state index is 12.4. The molecular weight excluding hydrogens is 360 g/mol. The van der Waals surface area contributed by atoms with Crippen LogP contribution in [0.1, 0.15) is 36.3 Å². The summed E-state index contributed by atoms with van der Waals surface area (Å²) in [6.07, 6.45) is 3.18. The van der Waals surface area contributed by atoms with Gasteiger partial charge < -0.3 is 15.4 Å². The molecule has 2 unspecified atom stereocenters. The van der Waals surface area contributed by atoms with Crippen LogP contribution in [0.5, 0.6) is 5.75 Å². The Kier molecular flexibility index (Phi) is 6.75. The third-order valence-corrected chi connectivity index (χ3v) is 5.33. The second kappa shape index (κ2) is 9.25. The van der Waals surface area contributed by atoms with Gasteiger partial charge in [0, 0.05) is 18.5 Å². The van der Waals surface area contributed by atoms with Crippen molar-refractivity contribution >= 4 is 18.3 Å². The van der Waals surface area contributed by atoms with Crippen LogP contribution in [0.2, 0.25) is 0 Å². The van der Waals surface area contributed by atoms with Crippen molar-refractivity contribution < 1.29 is 9.53 Å². The lowest BCUT2D eigenvalue weighted by molar-refractivity contribution is -0.123. The average Bonchev–Trinajstić information content (AvgIpc) is 3.49. The summed E-state index contributed by atoms with van der Waals surface area (Å²) in [5.74, 6) is 1.57. The van der Waals surface area contributed by atoms with Gasteiger partial charge in [-0.25, -0.2) is 0 Å². The zero-order valence-corrected chi connectivity index (χ0v) is 16.2. The summed E-state index contributed by atoms with van der Waals surface area (Å²) in [6, 6.07) is 18.7. The van der Waals surface area contributed by atoms with E-state index in [1.165, 1.54) is 5.56 Å². The average molecular weight is 387 g/mol. The normalized spacial score (nSPS) is 23.8. The van der Waals surface area contributed by atoms with Crippen LogP contribution in [0.25, 0.3) is 0 Å². The van der Waals surface area contributed by atoms with Crippen LogP contribution in [0.15, 0.2) is 54.6 Å². The Hall–Kier alpha value is -2.04. The van der Waals surface area contributed by atoms with Gasteiger partial charge in [-0.05, 0) is 55.0 Å². The van der Waals surface area contributed by atoms with E-state index in [9.17, 15) is 4.79 Å². The molecule has 4 nitrogen and oxygen atoms in total. The molecule has 27 heavy (non-hydrogen) atoms. The fraction of sp³-hybridized carbons (Fsp3) is 0.409. The lowest BCUT2D eigenvalue weighted by atomic mass is 10.1. The molecule has 1 aliphatic heterocycles. The molecule has 1 aliphatic carbocycles. The van der Waals surface area contributed by atoms with Gasteiger partial charge in [0.05, 0.1) is 0 Å². The van der Waals surface area contributed by atoms with Gasteiger partial charge in [0.2, 0.25) is 5.91 Å². The van der Waals surface area contributed by atoms with E-state index in [1.54, 1.807) is 0 Å². The van der Waals surface area contributed by atoms with Gasteiger partial charge in [0.25, 0.3) is 0 Å². The smallest absolute Gasteiger partial charge is 0.224 e. The molecule has 1 amide bonds. The molecule has 4 rings (SSSR count). The maximum Gasteiger partial charge on any atom is 0.224 e. The summed E-state index contributed by atoms with van der Waals surface area (Å²) < 4.78 is 5.84. The second-order valence-corrected chi connectivity index (χ2v) is 7.34. The minimum absolute atomic E-state index is 0. The number of rotatable bonds is 6. The molecule has 0 bridgehead atoms. The fourth-order valence-electron chi connectivity index (χ4n) is 3.69. The lowest BCUT2D eigenvalue weighted by Gasteiger charge is -2.23. The van der Waals surface area contributed by atoms with E-state index in [4.69, 9.17) is 4.74 Å². The van der Waals surface area contributed by atoms with Crippen LogP contribution in [-0.4, -0.2) is 25.0 Å². The van der Waals surface area contributed by atoms with E-state index < -0.39 is 0 Å². The van der Waals surface area contributed by atoms with Crippen molar-refractivity contribution in [2.75, 3.05) is 13.1 Å². The number of amides is 1. The molecule has 1 heterocycles. The Labute approximate surface area is 167 Å². The number of carbonyl (C=O) groups is 1. The van der Waals surface area contributed by atoms with Gasteiger partial charge in [-0.3, -0.25) is 4.79 Å². The van der Waals surface area contributed by atoms with E-state index in [0.29, 0.717) is 18.6 Å². The zero-order valence-electron chi connectivity index (χ0n) is 15.4. The van der Waals surface area contributed by atoms with Gasteiger partial charge >= 0.3 is 0 Å². The van der Waals surface area contributed by atoms with Crippen LogP contribution in [0.3, 0.4) is 0 Å². The van der Waals surface area contributed by atoms with E-state index >= 15 is 0 Å². The highest BCUT2D eigenvalue weighted by atomic mass is 35.5. The number of halogens is 1. The first-order chi connectivity index (χ1) is 12.8. The molecule has 2 aromatic carbocycles. The van der Waals surface area contributed by atoms with Crippen molar-refractivity contribution in [3.8, 4) is 5.75 Å². The van der Waals surface area contributed by atoms with Crippen LogP contribution in [0, 0.1) is 5.92 Å². The Morgan fingerprint density at radius 1 is 1.11 bits per heavy atom. The molecule has 0 spiro atoms. The SMILES string of the molecule is Cl.O=C(N[C@H]1CCCNC1)C1CC1c1ccc(OCc2ccccc2)cc1. The van der Waals surface area contributed by atoms with Crippen molar-refractivity contribution in [1.82, 2.24) is 10.6 Å². The summed E-state index contributed by atoms with van der Waals surface area (Å²) in [7, 11) is 0. The maximum atomic E-state index is 12.4. The molecule has 1 saturated heterocycles. The molecule has 1 saturated carbocycles. The molecule has 2 aromatic rings. The Balaban J connectivity index is 0.00000210. The fourth-order valence-corrected chi connectivity index (χ4v) is 3.69. The van der Waals surface area contributed by atoms with Crippen LogP contribution in [-0.2, 0) is 11.4 Å². The lowest BCUT2D eigenvalue weighted by Crippen LogP contribution is -2.46. The van der Waals surface area contributed by atoms with Gasteiger partial charge in [-0.15, -0.1) is 12.4 Å². The van der Waals surface area contributed by atoms with Crippen molar-refractivity contribution in [2.24, 2.45) is 5.92 Å². The van der Waals surface area contributed by atoms with Gasteiger partial charge in [-0.2, -0.15) is 0 Å². The van der Waals surface area contributed by atoms with E-state index in [-0.39, 0.29) is 24.2 Å². The number of piperidine rings is 1. The monoisotopic (exact) mass is 386 g/mol. The van der Waals surface area contributed by atoms with Crippen molar-refractivity contribution in [3.63, 3.8) is 0 Å². The van der Waals surface area contributed by atoms with E-state index in [0.717, 1.165) is 43.7 Å². The number of nitrogens with one attached hydrogen (secondary N) is 2. The molecule has 2 aliphatic rings. The standard InChI is InChI=1S/C22H26N2O2.ClH/c25-22(24-18-7-4-12-23-14-18)21-13-20(21)17-8-10-19(11-9-17)26-15-16-5-2-1-3-6-16;/h1-3,5-6,8-11,18,20-21,23H,4,7,12-15H2,(H,24,25);1H/t18-,20?,21?;/m0./s1.